The number of rotatable bonds is 3. The zero-order chi connectivity index (χ0) is 12.6. The van der Waals surface area contributed by atoms with Crippen LogP contribution in [0.2, 0.25) is 0 Å². The summed E-state index contributed by atoms with van der Waals surface area (Å²) in [6, 6.07) is 3.64. The summed E-state index contributed by atoms with van der Waals surface area (Å²) in [7, 11) is 0. The average molecular weight is 282 g/mol. The number of aliphatic hydroxyl groups excluding tert-OH is 1. The predicted molar refractivity (Wildman–Crippen MR) is 63.1 cm³/mol. The van der Waals surface area contributed by atoms with Crippen LogP contribution in [-0.4, -0.2) is 17.5 Å². The molecular formula is C11H14ClF2NO3. The highest BCUT2D eigenvalue weighted by Crippen LogP contribution is 2.45. The third-order valence-electron chi connectivity index (χ3n) is 2.65. The second kappa shape index (κ2) is 5.26. The Kier molecular flexibility index (Phi) is 4.37. The van der Waals surface area contributed by atoms with E-state index >= 15 is 0 Å². The van der Waals surface area contributed by atoms with Crippen molar-refractivity contribution in [3.63, 3.8) is 0 Å². The number of ether oxygens (including phenoxy) is 2. The Morgan fingerprint density at radius 1 is 1.39 bits per heavy atom. The molecule has 2 atom stereocenters. The molecule has 0 spiro atoms. The lowest BCUT2D eigenvalue weighted by Gasteiger charge is -2.18. The Morgan fingerprint density at radius 2 is 2.06 bits per heavy atom. The molecule has 0 amide bonds. The molecule has 18 heavy (non-hydrogen) atoms. The third-order valence-corrected chi connectivity index (χ3v) is 2.65. The maximum Gasteiger partial charge on any atom is 0.586 e. The minimum atomic E-state index is -3.67. The van der Waals surface area contributed by atoms with Crippen molar-refractivity contribution in [2.45, 2.75) is 31.8 Å². The van der Waals surface area contributed by atoms with Gasteiger partial charge in [0.1, 0.15) is 0 Å². The molecule has 0 radical (unpaired) electrons. The van der Waals surface area contributed by atoms with Crippen molar-refractivity contribution in [3.05, 3.63) is 23.8 Å². The maximum absolute atomic E-state index is 12.9. The highest BCUT2D eigenvalue weighted by atomic mass is 35.5. The fraction of sp³-hybridized carbons (Fsp3) is 0.455. The molecule has 0 aliphatic carbocycles. The second-order valence-corrected chi connectivity index (χ2v) is 3.84. The maximum atomic E-state index is 12.9. The van der Waals surface area contributed by atoms with Gasteiger partial charge < -0.3 is 20.3 Å². The van der Waals surface area contributed by atoms with E-state index < -0.39 is 18.4 Å². The van der Waals surface area contributed by atoms with Crippen LogP contribution in [0.15, 0.2) is 18.2 Å². The monoisotopic (exact) mass is 281 g/mol. The number of fused-ring (bicyclic) bond motifs is 1. The largest absolute Gasteiger partial charge is 0.586 e. The lowest BCUT2D eigenvalue weighted by molar-refractivity contribution is -0.287. The van der Waals surface area contributed by atoms with Gasteiger partial charge in [-0.05, 0) is 12.5 Å². The van der Waals surface area contributed by atoms with E-state index in [2.05, 4.69) is 9.47 Å². The second-order valence-electron chi connectivity index (χ2n) is 3.84. The first-order valence-corrected chi connectivity index (χ1v) is 5.27. The standard InChI is InChI=1S/C11H13F2NO3.ClH/c1-2-7(15)9(14)6-4-3-5-8-10(6)17-11(12,13)16-8;/h3-5,7,9,15H,2,14H2,1H3;1H/t7-,9+;/m1./s1. The lowest BCUT2D eigenvalue weighted by atomic mass is 9.99. The van der Waals surface area contributed by atoms with Gasteiger partial charge in [-0.25, -0.2) is 0 Å². The molecule has 0 fully saturated rings. The van der Waals surface area contributed by atoms with E-state index in [1.54, 1.807) is 6.92 Å². The minimum absolute atomic E-state index is 0. The van der Waals surface area contributed by atoms with Crippen LogP contribution < -0.4 is 15.2 Å². The summed E-state index contributed by atoms with van der Waals surface area (Å²) in [5.74, 6) is -0.163. The Hall–Kier alpha value is -1.11. The molecule has 1 heterocycles. The molecule has 3 N–H and O–H groups in total. The Morgan fingerprint density at radius 3 is 2.67 bits per heavy atom. The fourth-order valence-electron chi connectivity index (χ4n) is 1.71. The first-order chi connectivity index (χ1) is 7.94. The molecule has 2 rings (SSSR count). The summed E-state index contributed by atoms with van der Waals surface area (Å²) in [5, 5.41) is 9.63. The van der Waals surface area contributed by atoms with E-state index in [4.69, 9.17) is 5.73 Å². The zero-order valence-corrected chi connectivity index (χ0v) is 10.4. The SMILES string of the molecule is CC[C@@H](O)[C@@H](N)c1cccc2c1OC(F)(F)O2.Cl. The molecule has 1 aromatic carbocycles. The van der Waals surface area contributed by atoms with Gasteiger partial charge in [0.25, 0.3) is 0 Å². The number of hydrogen-bond donors (Lipinski definition) is 2. The van der Waals surface area contributed by atoms with Gasteiger partial charge in [0, 0.05) is 5.56 Å². The van der Waals surface area contributed by atoms with Crippen molar-refractivity contribution in [1.29, 1.82) is 0 Å². The van der Waals surface area contributed by atoms with Gasteiger partial charge in [-0.2, -0.15) is 0 Å². The van der Waals surface area contributed by atoms with Crippen LogP contribution in [0.5, 0.6) is 11.5 Å². The van der Waals surface area contributed by atoms with E-state index in [0.717, 1.165) is 0 Å². The van der Waals surface area contributed by atoms with Crippen LogP contribution in [0.3, 0.4) is 0 Å². The summed E-state index contributed by atoms with van der Waals surface area (Å²) in [6.07, 6.45) is -4.07. The number of nitrogens with two attached hydrogens (primary N) is 1. The first-order valence-electron chi connectivity index (χ1n) is 5.27. The Labute approximate surface area is 109 Å². The highest BCUT2D eigenvalue weighted by molar-refractivity contribution is 5.85. The zero-order valence-electron chi connectivity index (χ0n) is 9.60. The average Bonchev–Trinajstić information content (AvgIpc) is 2.60. The molecule has 0 saturated carbocycles. The van der Waals surface area contributed by atoms with E-state index in [1.807, 2.05) is 0 Å². The van der Waals surface area contributed by atoms with Crippen LogP contribution >= 0.6 is 12.4 Å². The number of hydrogen-bond acceptors (Lipinski definition) is 4. The normalized spacial score (nSPS) is 18.9. The molecule has 1 aliphatic rings. The summed E-state index contributed by atoms with van der Waals surface area (Å²) < 4.78 is 34.5. The molecule has 0 saturated heterocycles. The van der Waals surface area contributed by atoms with Gasteiger partial charge in [-0.3, -0.25) is 0 Å². The minimum Gasteiger partial charge on any atom is -0.395 e. The van der Waals surface area contributed by atoms with Gasteiger partial charge >= 0.3 is 6.29 Å². The molecule has 4 nitrogen and oxygen atoms in total. The van der Waals surface area contributed by atoms with Gasteiger partial charge in [-0.1, -0.05) is 19.1 Å². The van der Waals surface area contributed by atoms with Crippen molar-refractivity contribution < 1.29 is 23.4 Å². The van der Waals surface area contributed by atoms with Gasteiger partial charge in [0.2, 0.25) is 0 Å². The van der Waals surface area contributed by atoms with Crippen molar-refractivity contribution in [3.8, 4) is 11.5 Å². The van der Waals surface area contributed by atoms with Crippen molar-refractivity contribution >= 4 is 12.4 Å². The summed E-state index contributed by atoms with van der Waals surface area (Å²) in [6.45, 7) is 1.75. The molecule has 7 heteroatoms. The molecule has 102 valence electrons. The van der Waals surface area contributed by atoms with Crippen molar-refractivity contribution in [1.82, 2.24) is 0 Å². The molecule has 0 aromatic heterocycles. The van der Waals surface area contributed by atoms with E-state index in [0.29, 0.717) is 12.0 Å². The van der Waals surface area contributed by atoms with Crippen LogP contribution in [0.4, 0.5) is 8.78 Å². The van der Waals surface area contributed by atoms with E-state index in [9.17, 15) is 13.9 Å². The lowest BCUT2D eigenvalue weighted by Crippen LogP contribution is -2.28. The third kappa shape index (κ3) is 2.66. The molecule has 1 aromatic rings. The number of alkyl halides is 2. The number of halogens is 3. The fourth-order valence-corrected chi connectivity index (χ4v) is 1.71. The molecule has 0 unspecified atom stereocenters. The summed E-state index contributed by atoms with van der Waals surface area (Å²) >= 11 is 0. The first kappa shape index (κ1) is 14.9. The molecule has 0 bridgehead atoms. The van der Waals surface area contributed by atoms with Crippen LogP contribution in [0, 0.1) is 0 Å². The summed E-state index contributed by atoms with van der Waals surface area (Å²) in [5.41, 5.74) is 6.09. The molecular weight excluding hydrogens is 268 g/mol. The number of para-hydroxylation sites is 1. The quantitative estimate of drug-likeness (QED) is 0.891. The predicted octanol–water partition coefficient (Wildman–Crippen LogP) is 2.20. The highest BCUT2D eigenvalue weighted by Gasteiger charge is 2.45. The van der Waals surface area contributed by atoms with Crippen molar-refractivity contribution in [2.24, 2.45) is 5.73 Å². The Bertz CT molecular complexity index is 431. The van der Waals surface area contributed by atoms with Gasteiger partial charge in [-0.15, -0.1) is 21.2 Å². The van der Waals surface area contributed by atoms with Crippen LogP contribution in [0.1, 0.15) is 24.9 Å². The smallest absolute Gasteiger partial charge is 0.395 e. The van der Waals surface area contributed by atoms with Gasteiger partial charge in [0.15, 0.2) is 11.5 Å². The molecule has 1 aliphatic heterocycles. The number of aliphatic hydroxyl groups is 1. The van der Waals surface area contributed by atoms with Gasteiger partial charge in [0.05, 0.1) is 12.1 Å². The van der Waals surface area contributed by atoms with E-state index in [-0.39, 0.29) is 23.9 Å². The summed E-state index contributed by atoms with van der Waals surface area (Å²) in [4.78, 5) is 0. The van der Waals surface area contributed by atoms with Crippen LogP contribution in [0.25, 0.3) is 0 Å². The van der Waals surface area contributed by atoms with E-state index in [1.165, 1.54) is 18.2 Å². The van der Waals surface area contributed by atoms with Crippen LogP contribution in [-0.2, 0) is 0 Å². The Balaban J connectivity index is 0.00000162. The number of benzene rings is 1. The van der Waals surface area contributed by atoms with Crippen molar-refractivity contribution in [2.75, 3.05) is 0 Å². The topological polar surface area (TPSA) is 64.7 Å².